The summed E-state index contributed by atoms with van der Waals surface area (Å²) in [7, 11) is -3.21. The normalized spacial score (nSPS) is 17.8. The van der Waals surface area contributed by atoms with E-state index in [4.69, 9.17) is 4.74 Å². The van der Waals surface area contributed by atoms with E-state index in [9.17, 15) is 23.1 Å². The number of hydrogen-bond acceptors (Lipinski definition) is 6. The van der Waals surface area contributed by atoms with Gasteiger partial charge in [-0.05, 0) is 36.8 Å². The van der Waals surface area contributed by atoms with Gasteiger partial charge in [0.2, 0.25) is 0 Å². The molecule has 1 aliphatic rings. The average Bonchev–Trinajstić information content (AvgIpc) is 3.02. The number of sulfone groups is 1. The molecule has 9 heteroatoms. The molecule has 1 aliphatic heterocycles. The van der Waals surface area contributed by atoms with Crippen LogP contribution in [0.15, 0.2) is 53.0 Å². The van der Waals surface area contributed by atoms with Gasteiger partial charge in [0.1, 0.15) is 11.3 Å². The largest absolute Gasteiger partial charge is 0.507 e. The van der Waals surface area contributed by atoms with E-state index >= 15 is 0 Å². The molecule has 1 N–H and O–H groups in total. The number of nitrogens with zero attached hydrogens (tertiary/aromatic N) is 1. The Labute approximate surface area is 171 Å². The minimum absolute atomic E-state index is 0.0139. The Morgan fingerprint density at radius 3 is 2.54 bits per heavy atom. The smallest absolute Gasteiger partial charge is 0.342 e. The van der Waals surface area contributed by atoms with Gasteiger partial charge in [0.05, 0.1) is 17.5 Å². The monoisotopic (exact) mass is 467 g/mol. The van der Waals surface area contributed by atoms with Crippen molar-refractivity contribution in [2.45, 2.75) is 12.5 Å². The highest BCUT2D eigenvalue weighted by Gasteiger charge is 2.35. The number of para-hydroxylation sites is 1. The molecule has 1 saturated heterocycles. The van der Waals surface area contributed by atoms with Crippen LogP contribution in [0, 0.1) is 0 Å². The first-order valence-corrected chi connectivity index (χ1v) is 11.1. The molecule has 0 bridgehead atoms. The molecule has 2 aromatic carbocycles. The van der Waals surface area contributed by atoms with Crippen LogP contribution in [0.25, 0.3) is 0 Å². The van der Waals surface area contributed by atoms with Gasteiger partial charge in [-0.2, -0.15) is 0 Å². The number of rotatable bonds is 5. The Bertz CT molecular complexity index is 993. The molecule has 28 heavy (non-hydrogen) atoms. The second kappa shape index (κ2) is 8.32. The second-order valence-electron chi connectivity index (χ2n) is 6.39. The summed E-state index contributed by atoms with van der Waals surface area (Å²) in [5.74, 6) is -1.76. The lowest BCUT2D eigenvalue weighted by molar-refractivity contribution is -0.122. The summed E-state index contributed by atoms with van der Waals surface area (Å²) in [4.78, 5) is 26.4. The van der Waals surface area contributed by atoms with Crippen molar-refractivity contribution in [3.8, 4) is 5.75 Å². The number of carbonyl (C=O) groups excluding carboxylic acids is 2. The zero-order valence-corrected chi connectivity index (χ0v) is 17.1. The fourth-order valence-electron chi connectivity index (χ4n) is 3.07. The van der Waals surface area contributed by atoms with Crippen molar-refractivity contribution in [2.24, 2.45) is 0 Å². The van der Waals surface area contributed by atoms with E-state index in [-0.39, 0.29) is 22.8 Å². The SMILES string of the molecule is O=C(OCC(=O)N(c1ccccc1)[C@@H]1CCS(=O)(=O)C1)c1cc(Br)ccc1O. The number of halogens is 1. The highest BCUT2D eigenvalue weighted by molar-refractivity contribution is 9.10. The Balaban J connectivity index is 1.76. The third kappa shape index (κ3) is 4.71. The Morgan fingerprint density at radius 1 is 1.18 bits per heavy atom. The highest BCUT2D eigenvalue weighted by atomic mass is 79.9. The number of anilines is 1. The van der Waals surface area contributed by atoms with Gasteiger partial charge in [0, 0.05) is 10.2 Å². The first kappa shape index (κ1) is 20.3. The Morgan fingerprint density at radius 2 is 1.89 bits per heavy atom. The number of aromatic hydroxyl groups is 1. The average molecular weight is 468 g/mol. The lowest BCUT2D eigenvalue weighted by Crippen LogP contribution is -2.43. The van der Waals surface area contributed by atoms with Crippen LogP contribution in [-0.2, 0) is 19.4 Å². The van der Waals surface area contributed by atoms with Crippen molar-refractivity contribution in [1.29, 1.82) is 0 Å². The number of esters is 1. The number of benzene rings is 2. The zero-order valence-electron chi connectivity index (χ0n) is 14.7. The summed E-state index contributed by atoms with van der Waals surface area (Å²) in [6.07, 6.45) is 0.323. The summed E-state index contributed by atoms with van der Waals surface area (Å²) < 4.78 is 29.4. The Hall–Kier alpha value is -2.39. The summed E-state index contributed by atoms with van der Waals surface area (Å²) in [5, 5.41) is 9.80. The van der Waals surface area contributed by atoms with Gasteiger partial charge < -0.3 is 14.7 Å². The summed E-state index contributed by atoms with van der Waals surface area (Å²) in [6.45, 7) is -0.573. The number of carbonyl (C=O) groups is 2. The van der Waals surface area contributed by atoms with Crippen LogP contribution < -0.4 is 4.90 Å². The number of hydrogen-bond donors (Lipinski definition) is 1. The summed E-state index contributed by atoms with van der Waals surface area (Å²) in [6, 6.07) is 12.4. The topological polar surface area (TPSA) is 101 Å². The number of ether oxygens (including phenoxy) is 1. The van der Waals surface area contributed by atoms with Crippen LogP contribution in [-0.4, -0.2) is 49.6 Å². The molecule has 0 radical (unpaired) electrons. The van der Waals surface area contributed by atoms with Crippen molar-refractivity contribution in [3.05, 3.63) is 58.6 Å². The van der Waals surface area contributed by atoms with E-state index < -0.39 is 34.4 Å². The van der Waals surface area contributed by atoms with Gasteiger partial charge in [0.15, 0.2) is 16.4 Å². The predicted octanol–water partition coefficient (Wildman–Crippen LogP) is 2.53. The van der Waals surface area contributed by atoms with Crippen molar-refractivity contribution in [2.75, 3.05) is 23.0 Å². The quantitative estimate of drug-likeness (QED) is 0.677. The third-order valence-corrected chi connectivity index (χ3v) is 6.63. The molecular formula is C19H18BrNO6S. The minimum atomic E-state index is -3.21. The van der Waals surface area contributed by atoms with E-state index in [0.717, 1.165) is 0 Å². The molecule has 0 aliphatic carbocycles. The van der Waals surface area contributed by atoms with E-state index in [1.54, 1.807) is 36.4 Å². The third-order valence-electron chi connectivity index (χ3n) is 4.38. The van der Waals surface area contributed by atoms with Crippen molar-refractivity contribution in [3.63, 3.8) is 0 Å². The molecule has 3 rings (SSSR count). The lowest BCUT2D eigenvalue weighted by atomic mass is 10.2. The molecule has 148 valence electrons. The van der Waals surface area contributed by atoms with Gasteiger partial charge in [-0.25, -0.2) is 13.2 Å². The van der Waals surface area contributed by atoms with Crippen LogP contribution in [0.5, 0.6) is 5.75 Å². The van der Waals surface area contributed by atoms with Gasteiger partial charge in [-0.1, -0.05) is 34.1 Å². The predicted molar refractivity (Wildman–Crippen MR) is 107 cm³/mol. The van der Waals surface area contributed by atoms with E-state index in [1.165, 1.54) is 17.0 Å². The van der Waals surface area contributed by atoms with Crippen molar-refractivity contribution >= 4 is 43.3 Å². The Kier molecular flexibility index (Phi) is 6.04. The molecule has 1 amide bonds. The van der Waals surface area contributed by atoms with Gasteiger partial charge in [0.25, 0.3) is 5.91 Å². The molecule has 0 unspecified atom stereocenters. The molecule has 0 aromatic heterocycles. The van der Waals surface area contributed by atoms with E-state index in [0.29, 0.717) is 16.6 Å². The molecule has 2 aromatic rings. The number of phenols is 1. The fraction of sp³-hybridized carbons (Fsp3) is 0.263. The lowest BCUT2D eigenvalue weighted by Gasteiger charge is -2.28. The fourth-order valence-corrected chi connectivity index (χ4v) is 5.13. The van der Waals surface area contributed by atoms with Crippen molar-refractivity contribution < 1.29 is 27.9 Å². The second-order valence-corrected chi connectivity index (χ2v) is 9.54. The molecule has 0 saturated carbocycles. The van der Waals surface area contributed by atoms with Gasteiger partial charge in [-0.3, -0.25) is 4.79 Å². The number of amides is 1. The maximum Gasteiger partial charge on any atom is 0.342 e. The van der Waals surface area contributed by atoms with E-state index in [2.05, 4.69) is 15.9 Å². The first-order valence-electron chi connectivity index (χ1n) is 8.50. The highest BCUT2D eigenvalue weighted by Crippen LogP contribution is 2.25. The molecule has 7 nitrogen and oxygen atoms in total. The van der Waals surface area contributed by atoms with Crippen molar-refractivity contribution in [1.82, 2.24) is 0 Å². The van der Waals surface area contributed by atoms with Gasteiger partial charge in [-0.15, -0.1) is 0 Å². The molecule has 1 atom stereocenters. The standard InChI is InChI=1S/C19H18BrNO6S/c20-13-6-7-17(22)16(10-13)19(24)27-11-18(23)21(14-4-2-1-3-5-14)15-8-9-28(25,26)12-15/h1-7,10,15,22H,8-9,11-12H2/t15-/m1/s1. The van der Waals surface area contributed by atoms with Crippen LogP contribution >= 0.6 is 15.9 Å². The zero-order chi connectivity index (χ0) is 20.3. The minimum Gasteiger partial charge on any atom is -0.507 e. The van der Waals surface area contributed by atoms with Crippen LogP contribution in [0.2, 0.25) is 0 Å². The first-order chi connectivity index (χ1) is 13.3. The molecule has 0 spiro atoms. The summed E-state index contributed by atoms with van der Waals surface area (Å²) in [5.41, 5.74) is 0.466. The van der Waals surface area contributed by atoms with Crippen LogP contribution in [0.4, 0.5) is 5.69 Å². The van der Waals surface area contributed by atoms with Crippen LogP contribution in [0.1, 0.15) is 16.8 Å². The summed E-state index contributed by atoms with van der Waals surface area (Å²) >= 11 is 3.20. The molecule has 1 fully saturated rings. The number of phenolic OH excluding ortho intramolecular Hbond substituents is 1. The maximum absolute atomic E-state index is 12.8. The maximum atomic E-state index is 12.8. The van der Waals surface area contributed by atoms with Crippen LogP contribution in [0.3, 0.4) is 0 Å². The molecule has 1 heterocycles. The molecular weight excluding hydrogens is 450 g/mol. The van der Waals surface area contributed by atoms with Gasteiger partial charge >= 0.3 is 5.97 Å². The van der Waals surface area contributed by atoms with E-state index in [1.807, 2.05) is 0 Å².